The van der Waals surface area contributed by atoms with E-state index in [1.54, 1.807) is 0 Å². The van der Waals surface area contributed by atoms with E-state index in [9.17, 15) is 9.59 Å². The van der Waals surface area contributed by atoms with Gasteiger partial charge in [-0.15, -0.1) is 0 Å². The first-order valence-corrected chi connectivity index (χ1v) is 5.50. The number of hydrogen-bond donors (Lipinski definition) is 4. The summed E-state index contributed by atoms with van der Waals surface area (Å²) < 4.78 is 0. The Hall–Kier alpha value is -1.14. The Balaban J connectivity index is 2.16. The molecule has 1 rings (SSSR count). The van der Waals surface area contributed by atoms with Crippen molar-refractivity contribution in [2.45, 2.75) is 25.4 Å². The third kappa shape index (κ3) is 4.16. The molecule has 0 radical (unpaired) electrons. The number of carbonyl (C=O) groups excluding carboxylic acids is 1. The van der Waals surface area contributed by atoms with Crippen molar-refractivity contribution in [3.63, 3.8) is 0 Å². The summed E-state index contributed by atoms with van der Waals surface area (Å²) in [6.07, 6.45) is 0.488. The molecule has 2 atom stereocenters. The van der Waals surface area contributed by atoms with E-state index < -0.39 is 12.1 Å². The molecule has 0 aromatic carbocycles. The van der Waals surface area contributed by atoms with Gasteiger partial charge in [0, 0.05) is 19.5 Å². The number of aliphatic hydroxyl groups excluding tert-OH is 1. The second-order valence-electron chi connectivity index (χ2n) is 3.98. The molecule has 1 heterocycles. The highest BCUT2D eigenvalue weighted by Crippen LogP contribution is 2.09. The summed E-state index contributed by atoms with van der Waals surface area (Å²) in [5.41, 5.74) is 0. The molecule has 1 fully saturated rings. The number of amides is 1. The van der Waals surface area contributed by atoms with Gasteiger partial charge >= 0.3 is 5.97 Å². The third-order valence-electron chi connectivity index (χ3n) is 2.67. The van der Waals surface area contributed by atoms with E-state index >= 15 is 0 Å². The van der Waals surface area contributed by atoms with Crippen LogP contribution in [0.2, 0.25) is 0 Å². The lowest BCUT2D eigenvalue weighted by Gasteiger charge is -2.21. The summed E-state index contributed by atoms with van der Waals surface area (Å²) in [6, 6.07) is 0. The lowest BCUT2D eigenvalue weighted by molar-refractivity contribution is -0.147. The summed E-state index contributed by atoms with van der Waals surface area (Å²) >= 11 is 0. The van der Waals surface area contributed by atoms with Gasteiger partial charge in [0.15, 0.2) is 6.10 Å². The van der Waals surface area contributed by atoms with Gasteiger partial charge in [-0.25, -0.2) is 4.79 Å². The molecule has 0 aromatic heterocycles. The predicted molar refractivity (Wildman–Crippen MR) is 56.9 cm³/mol. The molecule has 1 aliphatic rings. The smallest absolute Gasteiger partial charge is 0.332 e. The normalized spacial score (nSPS) is 22.4. The van der Waals surface area contributed by atoms with Gasteiger partial charge in [0.2, 0.25) is 5.91 Å². The van der Waals surface area contributed by atoms with Gasteiger partial charge in [-0.05, 0) is 19.4 Å². The maximum absolute atomic E-state index is 11.6. The van der Waals surface area contributed by atoms with Crippen LogP contribution in [-0.2, 0) is 9.59 Å². The topological polar surface area (TPSA) is 98.7 Å². The molecule has 4 N–H and O–H groups in total. The molecule has 6 heteroatoms. The van der Waals surface area contributed by atoms with Crippen molar-refractivity contribution in [3.05, 3.63) is 0 Å². The van der Waals surface area contributed by atoms with Gasteiger partial charge in [0.1, 0.15) is 0 Å². The average molecular weight is 230 g/mol. The minimum absolute atomic E-state index is 0.0317. The maximum atomic E-state index is 11.6. The summed E-state index contributed by atoms with van der Waals surface area (Å²) in [5, 5.41) is 23.2. The van der Waals surface area contributed by atoms with Crippen molar-refractivity contribution < 1.29 is 19.8 Å². The summed E-state index contributed by atoms with van der Waals surface area (Å²) in [7, 11) is 0. The highest BCUT2D eigenvalue weighted by molar-refractivity contribution is 5.79. The minimum atomic E-state index is -1.40. The Kier molecular flexibility index (Phi) is 5.21. The molecule has 16 heavy (non-hydrogen) atoms. The monoisotopic (exact) mass is 230 g/mol. The number of aliphatic hydroxyl groups is 1. The first kappa shape index (κ1) is 12.9. The Labute approximate surface area is 94.0 Å². The quantitative estimate of drug-likeness (QED) is 0.482. The number of carboxylic acid groups (broad SMARTS) is 1. The van der Waals surface area contributed by atoms with Crippen molar-refractivity contribution >= 4 is 11.9 Å². The number of carboxylic acids is 1. The van der Waals surface area contributed by atoms with Crippen molar-refractivity contribution in [2.75, 3.05) is 19.6 Å². The Morgan fingerprint density at radius 2 is 2.25 bits per heavy atom. The maximum Gasteiger partial charge on any atom is 0.332 e. The SMILES string of the molecule is O=C(O)C(O)CCNC(=O)C1CCCNC1. The van der Waals surface area contributed by atoms with E-state index in [-0.39, 0.29) is 24.8 Å². The fraction of sp³-hybridized carbons (Fsp3) is 0.800. The van der Waals surface area contributed by atoms with Crippen molar-refractivity contribution in [1.29, 1.82) is 0 Å². The predicted octanol–water partition coefficient (Wildman–Crippen LogP) is -1.06. The molecule has 0 saturated carbocycles. The molecular formula is C10H18N2O4. The lowest BCUT2D eigenvalue weighted by Crippen LogP contribution is -2.41. The zero-order chi connectivity index (χ0) is 12.0. The van der Waals surface area contributed by atoms with Crippen molar-refractivity contribution in [3.8, 4) is 0 Å². The van der Waals surface area contributed by atoms with E-state index in [1.165, 1.54) is 0 Å². The first-order valence-electron chi connectivity index (χ1n) is 5.50. The van der Waals surface area contributed by atoms with Crippen LogP contribution < -0.4 is 10.6 Å². The fourth-order valence-corrected chi connectivity index (χ4v) is 1.68. The Morgan fingerprint density at radius 3 is 2.81 bits per heavy atom. The van der Waals surface area contributed by atoms with Crippen molar-refractivity contribution in [2.24, 2.45) is 5.92 Å². The van der Waals surface area contributed by atoms with Gasteiger partial charge in [-0.2, -0.15) is 0 Å². The number of piperidine rings is 1. The Bertz CT molecular complexity index is 251. The van der Waals surface area contributed by atoms with Crippen LogP contribution in [0.4, 0.5) is 0 Å². The van der Waals surface area contributed by atoms with Crippen LogP contribution in [0, 0.1) is 5.92 Å². The highest BCUT2D eigenvalue weighted by atomic mass is 16.4. The average Bonchev–Trinajstić information content (AvgIpc) is 2.29. The molecule has 0 aromatic rings. The fourth-order valence-electron chi connectivity index (χ4n) is 1.68. The van der Waals surface area contributed by atoms with Gasteiger partial charge < -0.3 is 20.8 Å². The molecule has 6 nitrogen and oxygen atoms in total. The largest absolute Gasteiger partial charge is 0.479 e. The van der Waals surface area contributed by atoms with E-state index in [1.807, 2.05) is 0 Å². The van der Waals surface area contributed by atoms with Crippen LogP contribution in [0.3, 0.4) is 0 Å². The third-order valence-corrected chi connectivity index (χ3v) is 2.67. The molecule has 0 spiro atoms. The molecule has 2 unspecified atom stereocenters. The molecule has 1 amide bonds. The van der Waals surface area contributed by atoms with Gasteiger partial charge in [0.05, 0.1) is 5.92 Å². The molecule has 1 aliphatic heterocycles. The van der Waals surface area contributed by atoms with E-state index in [0.717, 1.165) is 19.4 Å². The van der Waals surface area contributed by atoms with Crippen LogP contribution in [0.1, 0.15) is 19.3 Å². The van der Waals surface area contributed by atoms with Crippen LogP contribution >= 0.6 is 0 Å². The number of aliphatic carboxylic acids is 1. The van der Waals surface area contributed by atoms with Crippen LogP contribution in [0.25, 0.3) is 0 Å². The Morgan fingerprint density at radius 1 is 1.50 bits per heavy atom. The van der Waals surface area contributed by atoms with Crippen LogP contribution in [-0.4, -0.2) is 47.8 Å². The molecule has 92 valence electrons. The second-order valence-corrected chi connectivity index (χ2v) is 3.98. The first-order chi connectivity index (χ1) is 7.61. The van der Waals surface area contributed by atoms with E-state index in [2.05, 4.69) is 10.6 Å². The highest BCUT2D eigenvalue weighted by Gasteiger charge is 2.21. The van der Waals surface area contributed by atoms with Gasteiger partial charge in [0.25, 0.3) is 0 Å². The van der Waals surface area contributed by atoms with Crippen LogP contribution in [0.15, 0.2) is 0 Å². The van der Waals surface area contributed by atoms with Gasteiger partial charge in [-0.1, -0.05) is 0 Å². The van der Waals surface area contributed by atoms with Crippen molar-refractivity contribution in [1.82, 2.24) is 10.6 Å². The zero-order valence-corrected chi connectivity index (χ0v) is 9.11. The molecule has 1 saturated heterocycles. The molecule has 0 aliphatic carbocycles. The summed E-state index contributed by atoms with van der Waals surface area (Å²) in [4.78, 5) is 21.9. The molecular weight excluding hydrogens is 212 g/mol. The summed E-state index contributed by atoms with van der Waals surface area (Å²) in [5.74, 6) is -1.35. The standard InChI is InChI=1S/C10H18N2O4/c13-8(10(15)16)3-5-12-9(14)7-2-1-4-11-6-7/h7-8,11,13H,1-6H2,(H,12,14)(H,15,16). The summed E-state index contributed by atoms with van der Waals surface area (Å²) in [6.45, 7) is 1.82. The second kappa shape index (κ2) is 6.44. The minimum Gasteiger partial charge on any atom is -0.479 e. The van der Waals surface area contributed by atoms with Gasteiger partial charge in [-0.3, -0.25) is 4.79 Å². The number of rotatable bonds is 5. The van der Waals surface area contributed by atoms with E-state index in [4.69, 9.17) is 10.2 Å². The number of nitrogens with one attached hydrogen (secondary N) is 2. The number of carbonyl (C=O) groups is 2. The number of hydrogen-bond acceptors (Lipinski definition) is 4. The zero-order valence-electron chi connectivity index (χ0n) is 9.11. The lowest BCUT2D eigenvalue weighted by atomic mass is 9.99. The van der Waals surface area contributed by atoms with Crippen LogP contribution in [0.5, 0.6) is 0 Å². The molecule has 0 bridgehead atoms. The van der Waals surface area contributed by atoms with E-state index in [0.29, 0.717) is 6.54 Å².